The van der Waals surface area contributed by atoms with Gasteiger partial charge in [0.05, 0.1) is 11.3 Å². The lowest BCUT2D eigenvalue weighted by Gasteiger charge is -2.07. The fourth-order valence-corrected chi connectivity index (χ4v) is 1.55. The second-order valence-corrected chi connectivity index (χ2v) is 3.86. The van der Waals surface area contributed by atoms with Gasteiger partial charge in [-0.3, -0.25) is 0 Å². The molecule has 0 atom stereocenters. The molecule has 2 aromatic rings. The van der Waals surface area contributed by atoms with Crippen molar-refractivity contribution in [1.29, 1.82) is 0 Å². The molecule has 0 aliphatic rings. The Kier molecular flexibility index (Phi) is 2.69. The van der Waals surface area contributed by atoms with Crippen molar-refractivity contribution < 1.29 is 13.2 Å². The minimum atomic E-state index is -4.32. The van der Waals surface area contributed by atoms with E-state index in [9.17, 15) is 13.2 Å². The molecule has 0 saturated heterocycles. The predicted molar refractivity (Wildman–Crippen MR) is 58.4 cm³/mol. The summed E-state index contributed by atoms with van der Waals surface area (Å²) in [5, 5.41) is 0. The molecule has 0 bridgehead atoms. The minimum Gasteiger partial charge on any atom is -0.338 e. The van der Waals surface area contributed by atoms with Gasteiger partial charge in [-0.05, 0) is 19.1 Å². The summed E-state index contributed by atoms with van der Waals surface area (Å²) in [4.78, 5) is 4.20. The molecule has 1 heterocycles. The predicted octanol–water partition coefficient (Wildman–Crippen LogP) is 3.41. The van der Waals surface area contributed by atoms with E-state index in [1.165, 1.54) is 6.07 Å². The van der Waals surface area contributed by atoms with Crippen LogP contribution in [-0.4, -0.2) is 9.55 Å². The van der Waals surface area contributed by atoms with Gasteiger partial charge in [-0.15, -0.1) is 0 Å². The summed E-state index contributed by atoms with van der Waals surface area (Å²) in [5.74, 6) is 0.761. The number of aromatic nitrogens is 2. The molecule has 5 heteroatoms. The molecular formula is C12H11F3N2. The smallest absolute Gasteiger partial charge is 0.338 e. The molecule has 0 amide bonds. The van der Waals surface area contributed by atoms with Crippen LogP contribution in [0.5, 0.6) is 0 Å². The SMILES string of the molecule is Cc1nc(-c2cccc(C(F)(F)F)c2)cn1C. The fourth-order valence-electron chi connectivity index (χ4n) is 1.55. The summed E-state index contributed by atoms with van der Waals surface area (Å²) in [5.41, 5.74) is 0.373. The number of rotatable bonds is 1. The van der Waals surface area contributed by atoms with Crippen molar-refractivity contribution in [3.05, 3.63) is 41.9 Å². The van der Waals surface area contributed by atoms with Crippen LogP contribution in [0.3, 0.4) is 0 Å². The fraction of sp³-hybridized carbons (Fsp3) is 0.250. The average Bonchev–Trinajstić information content (AvgIpc) is 2.58. The molecular weight excluding hydrogens is 229 g/mol. The molecule has 0 aliphatic carbocycles. The highest BCUT2D eigenvalue weighted by Gasteiger charge is 2.30. The molecule has 1 aromatic carbocycles. The van der Waals surface area contributed by atoms with Crippen LogP contribution < -0.4 is 0 Å². The Balaban J connectivity index is 2.47. The first-order chi connectivity index (χ1) is 7.88. The maximum absolute atomic E-state index is 12.5. The Morgan fingerprint density at radius 1 is 1.24 bits per heavy atom. The second-order valence-electron chi connectivity index (χ2n) is 3.86. The number of imidazole rings is 1. The zero-order chi connectivity index (χ0) is 12.6. The van der Waals surface area contributed by atoms with E-state index in [0.29, 0.717) is 11.3 Å². The van der Waals surface area contributed by atoms with Crippen molar-refractivity contribution >= 4 is 0 Å². The van der Waals surface area contributed by atoms with E-state index in [0.717, 1.165) is 18.0 Å². The van der Waals surface area contributed by atoms with Crippen LogP contribution in [-0.2, 0) is 13.2 Å². The summed E-state index contributed by atoms with van der Waals surface area (Å²) in [6.45, 7) is 1.80. The lowest BCUT2D eigenvalue weighted by molar-refractivity contribution is -0.137. The number of benzene rings is 1. The molecule has 17 heavy (non-hydrogen) atoms. The molecule has 0 saturated carbocycles. The zero-order valence-corrected chi connectivity index (χ0v) is 9.42. The van der Waals surface area contributed by atoms with Crippen molar-refractivity contribution in [2.45, 2.75) is 13.1 Å². The third-order valence-electron chi connectivity index (χ3n) is 2.59. The van der Waals surface area contributed by atoms with Gasteiger partial charge in [0.2, 0.25) is 0 Å². The molecule has 0 aliphatic heterocycles. The quantitative estimate of drug-likeness (QED) is 0.746. The van der Waals surface area contributed by atoms with E-state index in [2.05, 4.69) is 4.98 Å². The highest BCUT2D eigenvalue weighted by Crippen LogP contribution is 2.31. The van der Waals surface area contributed by atoms with Crippen LogP contribution in [0.4, 0.5) is 13.2 Å². The maximum Gasteiger partial charge on any atom is 0.416 e. The molecule has 1 aromatic heterocycles. The van der Waals surface area contributed by atoms with Crippen LogP contribution in [0.15, 0.2) is 30.5 Å². The maximum atomic E-state index is 12.5. The third-order valence-corrected chi connectivity index (χ3v) is 2.59. The van der Waals surface area contributed by atoms with Gasteiger partial charge >= 0.3 is 6.18 Å². The van der Waals surface area contributed by atoms with E-state index < -0.39 is 11.7 Å². The first kappa shape index (κ1) is 11.7. The molecule has 2 rings (SSSR count). The van der Waals surface area contributed by atoms with Crippen molar-refractivity contribution in [3.8, 4) is 11.3 Å². The van der Waals surface area contributed by atoms with Gasteiger partial charge in [0.15, 0.2) is 0 Å². The molecule has 0 fully saturated rings. The van der Waals surface area contributed by atoms with Gasteiger partial charge in [0.25, 0.3) is 0 Å². The van der Waals surface area contributed by atoms with E-state index in [1.807, 2.05) is 0 Å². The number of nitrogens with zero attached hydrogens (tertiary/aromatic N) is 2. The van der Waals surface area contributed by atoms with Crippen molar-refractivity contribution in [3.63, 3.8) is 0 Å². The molecule has 0 unspecified atom stereocenters. The van der Waals surface area contributed by atoms with E-state index in [-0.39, 0.29) is 0 Å². The van der Waals surface area contributed by atoms with Crippen LogP contribution in [0, 0.1) is 6.92 Å². The van der Waals surface area contributed by atoms with Crippen LogP contribution in [0.1, 0.15) is 11.4 Å². The summed E-state index contributed by atoms with van der Waals surface area (Å²) in [6.07, 6.45) is -2.61. The van der Waals surface area contributed by atoms with Gasteiger partial charge in [0, 0.05) is 18.8 Å². The van der Waals surface area contributed by atoms with Crippen molar-refractivity contribution in [2.75, 3.05) is 0 Å². The molecule has 0 spiro atoms. The Morgan fingerprint density at radius 3 is 2.47 bits per heavy atom. The average molecular weight is 240 g/mol. The minimum absolute atomic E-state index is 0.475. The summed E-state index contributed by atoms with van der Waals surface area (Å²) in [7, 11) is 1.81. The first-order valence-corrected chi connectivity index (χ1v) is 5.05. The Morgan fingerprint density at radius 2 is 1.94 bits per heavy atom. The number of alkyl halides is 3. The van der Waals surface area contributed by atoms with Gasteiger partial charge in [-0.1, -0.05) is 12.1 Å². The lowest BCUT2D eigenvalue weighted by Crippen LogP contribution is -2.04. The number of halogens is 3. The third kappa shape index (κ3) is 2.33. The summed E-state index contributed by atoms with van der Waals surface area (Å²) in [6, 6.07) is 5.18. The van der Waals surface area contributed by atoms with Crippen LogP contribution in [0.2, 0.25) is 0 Å². The standard InChI is InChI=1S/C12H11F3N2/c1-8-16-11(7-17(8)2)9-4-3-5-10(6-9)12(13,14)15/h3-7H,1-2H3. The van der Waals surface area contributed by atoms with Crippen LogP contribution >= 0.6 is 0 Å². The zero-order valence-electron chi connectivity index (χ0n) is 9.42. The number of hydrogen-bond donors (Lipinski definition) is 0. The van der Waals surface area contributed by atoms with Gasteiger partial charge in [-0.25, -0.2) is 4.98 Å². The van der Waals surface area contributed by atoms with E-state index >= 15 is 0 Å². The van der Waals surface area contributed by atoms with E-state index in [1.54, 1.807) is 30.8 Å². The number of aryl methyl sites for hydroxylation is 2. The number of hydrogen-bond acceptors (Lipinski definition) is 1. The Hall–Kier alpha value is -1.78. The molecule has 0 radical (unpaired) electrons. The molecule has 0 N–H and O–H groups in total. The topological polar surface area (TPSA) is 17.8 Å². The monoisotopic (exact) mass is 240 g/mol. The second kappa shape index (κ2) is 3.91. The van der Waals surface area contributed by atoms with Gasteiger partial charge in [-0.2, -0.15) is 13.2 Å². The summed E-state index contributed by atoms with van der Waals surface area (Å²) >= 11 is 0. The lowest BCUT2D eigenvalue weighted by atomic mass is 10.1. The van der Waals surface area contributed by atoms with Gasteiger partial charge in [0.1, 0.15) is 5.82 Å². The summed E-state index contributed by atoms with van der Waals surface area (Å²) < 4.78 is 39.4. The first-order valence-electron chi connectivity index (χ1n) is 5.05. The van der Waals surface area contributed by atoms with Gasteiger partial charge < -0.3 is 4.57 Å². The van der Waals surface area contributed by atoms with E-state index in [4.69, 9.17) is 0 Å². The largest absolute Gasteiger partial charge is 0.416 e. The molecule has 2 nitrogen and oxygen atoms in total. The highest BCUT2D eigenvalue weighted by molar-refractivity contribution is 5.59. The van der Waals surface area contributed by atoms with Crippen molar-refractivity contribution in [1.82, 2.24) is 9.55 Å². The Labute approximate surface area is 96.7 Å². The molecule has 90 valence electrons. The van der Waals surface area contributed by atoms with Crippen molar-refractivity contribution in [2.24, 2.45) is 7.05 Å². The normalized spacial score (nSPS) is 11.8. The Bertz CT molecular complexity index is 521. The van der Waals surface area contributed by atoms with Crippen LogP contribution in [0.25, 0.3) is 11.3 Å². The highest BCUT2D eigenvalue weighted by atomic mass is 19.4.